The third-order valence-corrected chi connectivity index (χ3v) is 5.22. The normalized spacial score (nSPS) is 18.4. The summed E-state index contributed by atoms with van der Waals surface area (Å²) in [5.41, 5.74) is 3.54. The van der Waals surface area contributed by atoms with Crippen LogP contribution in [0.4, 0.5) is 0 Å². The first-order chi connectivity index (χ1) is 13.3. The number of rotatable bonds is 4. The highest BCUT2D eigenvalue weighted by atomic mass is 16.5. The molecule has 1 fully saturated rings. The molecule has 136 valence electrons. The number of carbonyl (C=O) groups excluding carboxylic acids is 1. The van der Waals surface area contributed by atoms with Crippen molar-refractivity contribution in [2.45, 2.75) is 31.2 Å². The van der Waals surface area contributed by atoms with Crippen molar-refractivity contribution in [1.29, 1.82) is 0 Å². The molecule has 27 heavy (non-hydrogen) atoms. The lowest BCUT2D eigenvalue weighted by Crippen LogP contribution is -2.33. The van der Waals surface area contributed by atoms with Gasteiger partial charge in [0.15, 0.2) is 0 Å². The molecule has 1 aliphatic carbocycles. The summed E-state index contributed by atoms with van der Waals surface area (Å²) in [7, 11) is 0. The second-order valence-electron chi connectivity index (χ2n) is 7.18. The molecule has 1 atom stereocenters. The van der Waals surface area contributed by atoms with Gasteiger partial charge in [0, 0.05) is 17.9 Å². The molecule has 0 spiro atoms. The number of hydrogen-bond acceptors (Lipinski definition) is 3. The predicted molar refractivity (Wildman–Crippen MR) is 102 cm³/mol. The maximum absolute atomic E-state index is 13.2. The Morgan fingerprint density at radius 2 is 1.81 bits per heavy atom. The highest BCUT2D eigenvalue weighted by molar-refractivity contribution is 5.93. The molecule has 1 aliphatic heterocycles. The minimum Gasteiger partial charge on any atom is -0.493 e. The maximum Gasteiger partial charge on any atom is 0.270 e. The van der Waals surface area contributed by atoms with Crippen LogP contribution in [0.1, 0.15) is 53.0 Å². The third-order valence-electron chi connectivity index (χ3n) is 5.22. The number of aromatic nitrogens is 2. The Morgan fingerprint density at radius 3 is 2.63 bits per heavy atom. The van der Waals surface area contributed by atoms with Gasteiger partial charge < -0.3 is 10.1 Å². The predicted octanol–water partition coefficient (Wildman–Crippen LogP) is 4.00. The Kier molecular flexibility index (Phi) is 3.93. The molecule has 3 aromatic rings. The number of para-hydroxylation sites is 2. The molecular weight excluding hydrogens is 338 g/mol. The number of nitrogens with one attached hydrogen (secondary N) is 1. The Labute approximate surface area is 158 Å². The Morgan fingerprint density at radius 1 is 1.04 bits per heavy atom. The first-order valence-corrected chi connectivity index (χ1v) is 9.47. The molecule has 1 saturated carbocycles. The van der Waals surface area contributed by atoms with Gasteiger partial charge in [-0.3, -0.25) is 4.79 Å². The summed E-state index contributed by atoms with van der Waals surface area (Å²) in [6, 6.07) is 19.6. The molecule has 2 aliphatic rings. The number of carbonyl (C=O) groups is 1. The molecule has 2 aromatic carbocycles. The summed E-state index contributed by atoms with van der Waals surface area (Å²) < 4.78 is 7.48. The van der Waals surface area contributed by atoms with Crippen molar-refractivity contribution in [2.24, 2.45) is 0 Å². The van der Waals surface area contributed by atoms with Crippen LogP contribution in [0.5, 0.6) is 5.75 Å². The zero-order chi connectivity index (χ0) is 18.2. The van der Waals surface area contributed by atoms with Crippen LogP contribution in [0.15, 0.2) is 60.7 Å². The molecule has 0 unspecified atom stereocenters. The Hall–Kier alpha value is -3.08. The van der Waals surface area contributed by atoms with Crippen LogP contribution in [0.25, 0.3) is 5.69 Å². The number of nitrogens with zero attached hydrogens (tertiary/aromatic N) is 2. The van der Waals surface area contributed by atoms with Crippen LogP contribution < -0.4 is 10.1 Å². The first kappa shape index (κ1) is 16.1. The average molecular weight is 359 g/mol. The van der Waals surface area contributed by atoms with Crippen LogP contribution in [-0.2, 0) is 0 Å². The van der Waals surface area contributed by atoms with Crippen LogP contribution >= 0.6 is 0 Å². The minimum absolute atomic E-state index is 0.0500. The van der Waals surface area contributed by atoms with Crippen molar-refractivity contribution in [3.05, 3.63) is 77.6 Å². The fraction of sp³-hybridized carbons (Fsp3) is 0.273. The quantitative estimate of drug-likeness (QED) is 0.766. The summed E-state index contributed by atoms with van der Waals surface area (Å²) in [4.78, 5) is 13.2. The third kappa shape index (κ3) is 3.10. The molecule has 1 amide bonds. The van der Waals surface area contributed by atoms with E-state index in [1.165, 1.54) is 0 Å². The molecule has 1 N–H and O–H groups in total. The molecule has 0 saturated heterocycles. The molecule has 0 radical (unpaired) electrons. The molecule has 5 nitrogen and oxygen atoms in total. The van der Waals surface area contributed by atoms with E-state index in [4.69, 9.17) is 9.84 Å². The SMILES string of the molecule is O=C(N[C@@H]1CCOc2ccccc21)c1cc(C2CC2)nn1-c1ccccc1. The maximum atomic E-state index is 13.2. The van der Waals surface area contributed by atoms with Gasteiger partial charge in [0.05, 0.1) is 24.0 Å². The van der Waals surface area contributed by atoms with E-state index in [9.17, 15) is 4.79 Å². The summed E-state index contributed by atoms with van der Waals surface area (Å²) >= 11 is 0. The van der Waals surface area contributed by atoms with Crippen LogP contribution in [0.3, 0.4) is 0 Å². The molecule has 0 bridgehead atoms. The zero-order valence-electron chi connectivity index (χ0n) is 15.0. The summed E-state index contributed by atoms with van der Waals surface area (Å²) in [6.07, 6.45) is 3.07. The molecule has 5 heteroatoms. The van der Waals surface area contributed by atoms with Crippen molar-refractivity contribution >= 4 is 5.91 Å². The van der Waals surface area contributed by atoms with E-state index in [0.717, 1.165) is 42.0 Å². The lowest BCUT2D eigenvalue weighted by molar-refractivity contribution is 0.0917. The van der Waals surface area contributed by atoms with Crippen LogP contribution in [-0.4, -0.2) is 22.3 Å². The second kappa shape index (κ2) is 6.58. The van der Waals surface area contributed by atoms with Gasteiger partial charge in [-0.05, 0) is 37.1 Å². The van der Waals surface area contributed by atoms with E-state index >= 15 is 0 Å². The Balaban J connectivity index is 1.47. The highest BCUT2D eigenvalue weighted by Crippen LogP contribution is 2.40. The molecule has 2 heterocycles. The van der Waals surface area contributed by atoms with Gasteiger partial charge >= 0.3 is 0 Å². The van der Waals surface area contributed by atoms with E-state index in [2.05, 4.69) is 5.32 Å². The van der Waals surface area contributed by atoms with E-state index in [1.807, 2.05) is 60.7 Å². The standard InChI is InChI=1S/C22H21N3O2/c26-22(23-18-12-13-27-21-9-5-4-8-17(18)21)20-14-19(15-10-11-15)24-25(20)16-6-2-1-3-7-16/h1-9,14-15,18H,10-13H2,(H,23,26)/t18-/m1/s1. The number of ether oxygens (including phenoxy) is 1. The zero-order valence-corrected chi connectivity index (χ0v) is 15.0. The van der Waals surface area contributed by atoms with Crippen molar-refractivity contribution in [1.82, 2.24) is 15.1 Å². The first-order valence-electron chi connectivity index (χ1n) is 9.47. The number of amides is 1. The van der Waals surface area contributed by atoms with E-state index in [1.54, 1.807) is 4.68 Å². The van der Waals surface area contributed by atoms with Gasteiger partial charge in [0.25, 0.3) is 5.91 Å². The van der Waals surface area contributed by atoms with Crippen molar-refractivity contribution < 1.29 is 9.53 Å². The molecule has 5 rings (SSSR count). The van der Waals surface area contributed by atoms with E-state index in [0.29, 0.717) is 18.2 Å². The van der Waals surface area contributed by atoms with Gasteiger partial charge in [-0.2, -0.15) is 5.10 Å². The minimum atomic E-state index is -0.0973. The Bertz CT molecular complexity index is 976. The highest BCUT2D eigenvalue weighted by Gasteiger charge is 2.30. The summed E-state index contributed by atoms with van der Waals surface area (Å²) in [6.45, 7) is 0.604. The topological polar surface area (TPSA) is 56.1 Å². The van der Waals surface area contributed by atoms with E-state index in [-0.39, 0.29) is 11.9 Å². The lowest BCUT2D eigenvalue weighted by atomic mass is 10.0. The fourth-order valence-electron chi connectivity index (χ4n) is 3.63. The summed E-state index contributed by atoms with van der Waals surface area (Å²) in [5, 5.41) is 7.93. The smallest absolute Gasteiger partial charge is 0.270 e. The van der Waals surface area contributed by atoms with Crippen molar-refractivity contribution in [3.8, 4) is 11.4 Å². The largest absolute Gasteiger partial charge is 0.493 e. The summed E-state index contributed by atoms with van der Waals surface area (Å²) in [5.74, 6) is 1.24. The number of benzene rings is 2. The van der Waals surface area contributed by atoms with Crippen molar-refractivity contribution in [2.75, 3.05) is 6.61 Å². The van der Waals surface area contributed by atoms with Crippen molar-refractivity contribution in [3.63, 3.8) is 0 Å². The van der Waals surface area contributed by atoms with Gasteiger partial charge in [0.1, 0.15) is 11.4 Å². The van der Waals surface area contributed by atoms with Gasteiger partial charge in [0.2, 0.25) is 0 Å². The number of hydrogen-bond donors (Lipinski definition) is 1. The van der Waals surface area contributed by atoms with E-state index < -0.39 is 0 Å². The van der Waals surface area contributed by atoms with Crippen LogP contribution in [0.2, 0.25) is 0 Å². The van der Waals surface area contributed by atoms with Crippen LogP contribution in [0, 0.1) is 0 Å². The van der Waals surface area contributed by atoms with Gasteiger partial charge in [-0.15, -0.1) is 0 Å². The fourth-order valence-corrected chi connectivity index (χ4v) is 3.63. The average Bonchev–Trinajstić information content (AvgIpc) is 3.47. The lowest BCUT2D eigenvalue weighted by Gasteiger charge is -2.26. The number of fused-ring (bicyclic) bond motifs is 1. The molecular formula is C22H21N3O2. The van der Waals surface area contributed by atoms with Gasteiger partial charge in [-0.1, -0.05) is 36.4 Å². The monoisotopic (exact) mass is 359 g/mol. The van der Waals surface area contributed by atoms with Gasteiger partial charge in [-0.25, -0.2) is 4.68 Å². The second-order valence-corrected chi connectivity index (χ2v) is 7.18. The molecule has 1 aromatic heterocycles.